The highest BCUT2D eigenvalue weighted by atomic mass is 32.1. The summed E-state index contributed by atoms with van der Waals surface area (Å²) < 4.78 is 1.53. The Labute approximate surface area is 166 Å². The molecule has 2 aliphatic carbocycles. The van der Waals surface area contributed by atoms with Gasteiger partial charge in [0.15, 0.2) is 0 Å². The lowest BCUT2D eigenvalue weighted by atomic mass is 10.00. The van der Waals surface area contributed by atoms with E-state index in [1.165, 1.54) is 27.0 Å². The average Bonchev–Trinajstić information content (AvgIpc) is 3.60. The van der Waals surface area contributed by atoms with Gasteiger partial charge in [-0.05, 0) is 79.5 Å². The topological polar surface area (TPSA) is 70.8 Å². The second kappa shape index (κ2) is 6.57. The minimum Gasteiger partial charge on any atom is -0.477 e. The number of carbonyl (C=O) groups is 1. The average molecular weight is 394 g/mol. The van der Waals surface area contributed by atoms with Crippen molar-refractivity contribution in [3.05, 3.63) is 62.4 Å². The Morgan fingerprint density at radius 3 is 2.71 bits per heavy atom. The summed E-state index contributed by atoms with van der Waals surface area (Å²) in [6, 6.07) is 8.54. The van der Waals surface area contributed by atoms with Crippen LogP contribution in [0.5, 0.6) is 0 Å². The van der Waals surface area contributed by atoms with Crippen LogP contribution in [0.4, 0.5) is 0 Å². The van der Waals surface area contributed by atoms with Gasteiger partial charge in [0.25, 0.3) is 5.56 Å². The molecule has 0 saturated heterocycles. The fraction of sp³-hybridized carbons (Fsp3) is 0.364. The van der Waals surface area contributed by atoms with Crippen molar-refractivity contribution >= 4 is 22.8 Å². The van der Waals surface area contributed by atoms with Crippen LogP contribution in [0.2, 0.25) is 0 Å². The lowest BCUT2D eigenvalue weighted by Gasteiger charge is -2.14. The Kier molecular flexibility index (Phi) is 4.14. The number of aromatic nitrogens is 1. The SMILES string of the molecule is Cc1c(-c2ccc(CNC3CC3)s2)ccn2c(=O)c(C(=O)O)cc(C3CC3)c12. The predicted octanol–water partition coefficient (Wildman–Crippen LogP) is 4.16. The van der Waals surface area contributed by atoms with Crippen molar-refractivity contribution in [1.29, 1.82) is 0 Å². The number of aryl methyl sites for hydroxylation is 1. The summed E-state index contributed by atoms with van der Waals surface area (Å²) in [5.41, 5.74) is 3.43. The second-order valence-corrected chi connectivity index (χ2v) is 9.06. The maximum atomic E-state index is 12.7. The first kappa shape index (κ1) is 17.6. The molecule has 2 aliphatic rings. The predicted molar refractivity (Wildman–Crippen MR) is 111 cm³/mol. The first-order valence-corrected chi connectivity index (χ1v) is 10.6. The largest absolute Gasteiger partial charge is 0.477 e. The molecule has 3 aromatic heterocycles. The maximum Gasteiger partial charge on any atom is 0.341 e. The van der Waals surface area contributed by atoms with E-state index in [1.54, 1.807) is 23.6 Å². The van der Waals surface area contributed by atoms with Crippen LogP contribution in [-0.2, 0) is 6.54 Å². The number of carboxylic acid groups (broad SMARTS) is 1. The van der Waals surface area contributed by atoms with Gasteiger partial charge in [-0.3, -0.25) is 9.20 Å². The molecule has 0 amide bonds. The summed E-state index contributed by atoms with van der Waals surface area (Å²) in [5, 5.41) is 13.0. The number of nitrogens with zero attached hydrogens (tertiary/aromatic N) is 1. The van der Waals surface area contributed by atoms with Crippen molar-refractivity contribution in [1.82, 2.24) is 9.72 Å². The minimum absolute atomic E-state index is 0.142. The number of nitrogens with one attached hydrogen (secondary N) is 1. The summed E-state index contributed by atoms with van der Waals surface area (Å²) in [7, 11) is 0. The molecular weight excluding hydrogens is 372 g/mol. The highest BCUT2D eigenvalue weighted by Crippen LogP contribution is 2.44. The lowest BCUT2D eigenvalue weighted by molar-refractivity contribution is 0.0694. The molecule has 0 radical (unpaired) electrons. The van der Waals surface area contributed by atoms with Crippen molar-refractivity contribution in [2.75, 3.05) is 0 Å². The number of carboxylic acids is 1. The molecule has 0 unspecified atom stereocenters. The van der Waals surface area contributed by atoms with E-state index < -0.39 is 11.5 Å². The van der Waals surface area contributed by atoms with Crippen molar-refractivity contribution in [3.63, 3.8) is 0 Å². The first-order chi connectivity index (χ1) is 13.5. The van der Waals surface area contributed by atoms with E-state index in [4.69, 9.17) is 0 Å². The van der Waals surface area contributed by atoms with E-state index in [1.807, 2.05) is 13.0 Å². The number of hydrogen-bond donors (Lipinski definition) is 2. The van der Waals surface area contributed by atoms with Gasteiger partial charge in [0, 0.05) is 28.5 Å². The summed E-state index contributed by atoms with van der Waals surface area (Å²) >= 11 is 1.78. The van der Waals surface area contributed by atoms with Crippen LogP contribution in [0.15, 0.2) is 35.3 Å². The van der Waals surface area contributed by atoms with Crippen LogP contribution >= 0.6 is 11.3 Å². The van der Waals surface area contributed by atoms with Crippen molar-refractivity contribution in [2.45, 2.75) is 51.1 Å². The van der Waals surface area contributed by atoms with E-state index in [9.17, 15) is 14.7 Å². The maximum absolute atomic E-state index is 12.7. The van der Waals surface area contributed by atoms with Crippen LogP contribution in [0.3, 0.4) is 0 Å². The van der Waals surface area contributed by atoms with E-state index in [-0.39, 0.29) is 5.56 Å². The molecule has 0 aliphatic heterocycles. The smallest absolute Gasteiger partial charge is 0.341 e. The summed E-state index contributed by atoms with van der Waals surface area (Å²) in [4.78, 5) is 26.7. The number of aromatic carboxylic acids is 1. The molecule has 2 N–H and O–H groups in total. The van der Waals surface area contributed by atoms with Crippen LogP contribution in [0, 0.1) is 6.92 Å². The first-order valence-electron chi connectivity index (χ1n) is 9.77. The molecule has 144 valence electrons. The molecule has 3 heterocycles. The second-order valence-electron chi connectivity index (χ2n) is 7.89. The highest BCUT2D eigenvalue weighted by molar-refractivity contribution is 7.15. The van der Waals surface area contributed by atoms with Crippen molar-refractivity contribution < 1.29 is 9.90 Å². The number of hydrogen-bond acceptors (Lipinski definition) is 4. The lowest BCUT2D eigenvalue weighted by Crippen LogP contribution is -2.23. The molecule has 0 atom stereocenters. The minimum atomic E-state index is -1.16. The standard InChI is InChI=1S/C22H22N2O3S/c1-12-16(19-7-6-15(28-19)11-23-14-4-5-14)8-9-24-20(12)17(13-2-3-13)10-18(21(24)25)22(26)27/h6-10,13-14,23H,2-5,11H2,1H3,(H,26,27). The quantitative estimate of drug-likeness (QED) is 0.658. The zero-order chi connectivity index (χ0) is 19.4. The molecule has 6 heteroatoms. The van der Waals surface area contributed by atoms with Crippen molar-refractivity contribution in [2.24, 2.45) is 0 Å². The van der Waals surface area contributed by atoms with Crippen molar-refractivity contribution in [3.8, 4) is 10.4 Å². The number of pyridine rings is 2. The summed E-state index contributed by atoms with van der Waals surface area (Å²) in [5.74, 6) is -0.807. The van der Waals surface area contributed by atoms with E-state index >= 15 is 0 Å². The van der Waals surface area contributed by atoms with Gasteiger partial charge in [0.1, 0.15) is 5.56 Å². The Balaban J connectivity index is 1.62. The van der Waals surface area contributed by atoms with Crippen LogP contribution < -0.4 is 10.9 Å². The molecular formula is C22H22N2O3S. The van der Waals surface area contributed by atoms with Crippen LogP contribution in [-0.4, -0.2) is 21.5 Å². The normalized spacial score (nSPS) is 16.6. The van der Waals surface area contributed by atoms with Gasteiger partial charge in [-0.2, -0.15) is 0 Å². The molecule has 5 nitrogen and oxygen atoms in total. The van der Waals surface area contributed by atoms with Crippen LogP contribution in [0.1, 0.15) is 58.0 Å². The molecule has 0 bridgehead atoms. The fourth-order valence-electron chi connectivity index (χ4n) is 3.87. The van der Waals surface area contributed by atoms with E-state index in [0.29, 0.717) is 12.0 Å². The van der Waals surface area contributed by atoms with Gasteiger partial charge in [0.2, 0.25) is 0 Å². The van der Waals surface area contributed by atoms with Gasteiger partial charge in [0.05, 0.1) is 5.52 Å². The van der Waals surface area contributed by atoms with Gasteiger partial charge < -0.3 is 10.4 Å². The Morgan fingerprint density at radius 1 is 1.25 bits per heavy atom. The van der Waals surface area contributed by atoms with E-state index in [2.05, 4.69) is 17.4 Å². The summed E-state index contributed by atoms with van der Waals surface area (Å²) in [6.07, 6.45) is 6.39. The molecule has 0 spiro atoms. The number of thiophene rings is 1. The molecule has 5 rings (SSSR count). The zero-order valence-corrected chi connectivity index (χ0v) is 16.5. The molecule has 3 aromatic rings. The molecule has 28 heavy (non-hydrogen) atoms. The zero-order valence-electron chi connectivity index (χ0n) is 15.7. The molecule has 2 saturated carbocycles. The van der Waals surface area contributed by atoms with Gasteiger partial charge in [-0.15, -0.1) is 11.3 Å². The van der Waals surface area contributed by atoms with Gasteiger partial charge in [-0.25, -0.2) is 4.79 Å². The van der Waals surface area contributed by atoms with Crippen LogP contribution in [0.25, 0.3) is 16.0 Å². The third-order valence-corrected chi connectivity index (χ3v) is 6.85. The Bertz CT molecular complexity index is 1150. The summed E-state index contributed by atoms with van der Waals surface area (Å²) in [6.45, 7) is 2.94. The Morgan fingerprint density at radius 2 is 2.04 bits per heavy atom. The van der Waals surface area contributed by atoms with Gasteiger partial charge in [-0.1, -0.05) is 0 Å². The Hall–Kier alpha value is -2.44. The van der Waals surface area contributed by atoms with Gasteiger partial charge >= 0.3 is 5.97 Å². The number of fused-ring (bicyclic) bond motifs is 1. The van der Waals surface area contributed by atoms with E-state index in [0.717, 1.165) is 41.6 Å². The molecule has 0 aromatic carbocycles. The monoisotopic (exact) mass is 394 g/mol. The third-order valence-electron chi connectivity index (χ3n) is 5.73. The number of rotatable bonds is 6. The third kappa shape index (κ3) is 3.06. The fourth-order valence-corrected chi connectivity index (χ4v) is 4.91. The highest BCUT2D eigenvalue weighted by Gasteiger charge is 2.29. The molecule has 2 fully saturated rings.